The number of hydrogen-bond acceptors (Lipinski definition) is 3. The average Bonchev–Trinajstić information content (AvgIpc) is 2.52. The summed E-state index contributed by atoms with van der Waals surface area (Å²) in [4.78, 5) is 11.0. The predicted octanol–water partition coefficient (Wildman–Crippen LogP) is 2.23. The minimum Gasteiger partial charge on any atom is -0.489 e. The zero-order valence-electron chi connectivity index (χ0n) is 12.1. The predicted molar refractivity (Wildman–Crippen MR) is 82.7 cm³/mol. The van der Waals surface area contributed by atoms with Gasteiger partial charge in [-0.15, -0.1) is 0 Å². The Morgan fingerprint density at radius 3 is 2.57 bits per heavy atom. The molecule has 2 aromatic carbocycles. The van der Waals surface area contributed by atoms with Gasteiger partial charge in [0.1, 0.15) is 12.4 Å². The van der Waals surface area contributed by atoms with Gasteiger partial charge in [0, 0.05) is 6.54 Å². The average molecular weight is 284 g/mol. The summed E-state index contributed by atoms with van der Waals surface area (Å²) in [5.74, 6) is 0.455. The van der Waals surface area contributed by atoms with Crippen molar-refractivity contribution in [2.24, 2.45) is 5.73 Å². The van der Waals surface area contributed by atoms with Gasteiger partial charge < -0.3 is 15.8 Å². The highest BCUT2D eigenvalue weighted by molar-refractivity contribution is 5.79. The third-order valence-corrected chi connectivity index (χ3v) is 3.19. The second kappa shape index (κ2) is 7.45. The van der Waals surface area contributed by atoms with E-state index in [1.165, 1.54) is 0 Å². The number of amides is 1. The molecule has 4 nitrogen and oxygen atoms in total. The highest BCUT2D eigenvalue weighted by atomic mass is 16.5. The fourth-order valence-electron chi connectivity index (χ4n) is 1.86. The Morgan fingerprint density at radius 1 is 1.14 bits per heavy atom. The molecule has 3 N–H and O–H groups in total. The minimum atomic E-state index is -0.355. The van der Waals surface area contributed by atoms with Gasteiger partial charge in [-0.3, -0.25) is 4.79 Å². The fraction of sp³-hybridized carbons (Fsp3) is 0.235. The molecule has 0 bridgehead atoms. The third kappa shape index (κ3) is 4.93. The van der Waals surface area contributed by atoms with Crippen molar-refractivity contribution >= 4 is 5.91 Å². The van der Waals surface area contributed by atoms with Crippen LogP contribution in [-0.2, 0) is 17.9 Å². The number of carbonyl (C=O) groups excluding carboxylic acids is 1. The second-order valence-electron chi connectivity index (χ2n) is 4.93. The van der Waals surface area contributed by atoms with E-state index in [0.29, 0.717) is 13.2 Å². The van der Waals surface area contributed by atoms with E-state index in [0.717, 1.165) is 16.9 Å². The van der Waals surface area contributed by atoms with Crippen LogP contribution < -0.4 is 15.8 Å². The van der Waals surface area contributed by atoms with Crippen LogP contribution in [0.2, 0.25) is 0 Å². The molecule has 0 radical (unpaired) electrons. The van der Waals surface area contributed by atoms with Gasteiger partial charge in [0.2, 0.25) is 5.91 Å². The van der Waals surface area contributed by atoms with E-state index in [9.17, 15) is 4.79 Å². The van der Waals surface area contributed by atoms with Crippen LogP contribution in [0.5, 0.6) is 5.75 Å². The van der Waals surface area contributed by atoms with Crippen LogP contribution in [0.4, 0.5) is 0 Å². The molecule has 0 heterocycles. The molecule has 0 aliphatic carbocycles. The van der Waals surface area contributed by atoms with Gasteiger partial charge in [-0.25, -0.2) is 0 Å². The van der Waals surface area contributed by atoms with Crippen molar-refractivity contribution in [1.82, 2.24) is 5.32 Å². The highest BCUT2D eigenvalue weighted by Crippen LogP contribution is 2.15. The summed E-state index contributed by atoms with van der Waals surface area (Å²) in [6, 6.07) is 17.5. The standard InChI is InChI=1S/C17H20N2O2/c1-13(17(18)20)19-11-15-8-5-9-16(10-15)21-12-14-6-3-2-4-7-14/h2-10,13,19H,11-12H2,1H3,(H2,18,20)/t13-/m0/s1. The van der Waals surface area contributed by atoms with Crippen molar-refractivity contribution in [2.75, 3.05) is 0 Å². The molecule has 1 amide bonds. The van der Waals surface area contributed by atoms with Crippen LogP contribution in [0.25, 0.3) is 0 Å². The summed E-state index contributed by atoms with van der Waals surface area (Å²) >= 11 is 0. The Morgan fingerprint density at radius 2 is 1.86 bits per heavy atom. The lowest BCUT2D eigenvalue weighted by Crippen LogP contribution is -2.38. The number of carbonyl (C=O) groups is 1. The molecule has 2 rings (SSSR count). The van der Waals surface area contributed by atoms with Gasteiger partial charge in [0.05, 0.1) is 6.04 Å². The summed E-state index contributed by atoms with van der Waals surface area (Å²) in [7, 11) is 0. The summed E-state index contributed by atoms with van der Waals surface area (Å²) < 4.78 is 5.77. The summed E-state index contributed by atoms with van der Waals surface area (Å²) in [6.45, 7) is 2.86. The largest absolute Gasteiger partial charge is 0.489 e. The molecule has 0 aliphatic rings. The van der Waals surface area contributed by atoms with Crippen molar-refractivity contribution in [3.8, 4) is 5.75 Å². The lowest BCUT2D eigenvalue weighted by molar-refractivity contribution is -0.119. The monoisotopic (exact) mass is 284 g/mol. The van der Waals surface area contributed by atoms with Crippen molar-refractivity contribution < 1.29 is 9.53 Å². The smallest absolute Gasteiger partial charge is 0.234 e. The number of nitrogens with one attached hydrogen (secondary N) is 1. The van der Waals surface area contributed by atoms with Gasteiger partial charge >= 0.3 is 0 Å². The molecule has 1 atom stereocenters. The SMILES string of the molecule is C[C@H](NCc1cccc(OCc2ccccc2)c1)C(N)=O. The zero-order valence-corrected chi connectivity index (χ0v) is 12.1. The molecular weight excluding hydrogens is 264 g/mol. The van der Waals surface area contributed by atoms with Crippen molar-refractivity contribution in [3.05, 3.63) is 65.7 Å². The first-order valence-electron chi connectivity index (χ1n) is 6.93. The maximum absolute atomic E-state index is 11.0. The van der Waals surface area contributed by atoms with E-state index in [1.54, 1.807) is 6.92 Å². The Hall–Kier alpha value is -2.33. The number of hydrogen-bond donors (Lipinski definition) is 2. The molecule has 0 unspecified atom stereocenters. The van der Waals surface area contributed by atoms with Crippen molar-refractivity contribution in [1.29, 1.82) is 0 Å². The molecule has 0 aromatic heterocycles. The molecule has 110 valence electrons. The topological polar surface area (TPSA) is 64.3 Å². The summed E-state index contributed by atoms with van der Waals surface area (Å²) in [5, 5.41) is 3.07. The lowest BCUT2D eigenvalue weighted by Gasteiger charge is -2.11. The van der Waals surface area contributed by atoms with Crippen LogP contribution in [0, 0.1) is 0 Å². The van der Waals surface area contributed by atoms with E-state index >= 15 is 0 Å². The van der Waals surface area contributed by atoms with Gasteiger partial charge in [-0.2, -0.15) is 0 Å². The Balaban J connectivity index is 1.90. The van der Waals surface area contributed by atoms with Gasteiger partial charge in [-0.1, -0.05) is 42.5 Å². The molecular formula is C17H20N2O2. The van der Waals surface area contributed by atoms with Crippen molar-refractivity contribution in [2.45, 2.75) is 26.1 Å². The molecule has 0 fully saturated rings. The van der Waals surface area contributed by atoms with E-state index in [-0.39, 0.29) is 11.9 Å². The fourth-order valence-corrected chi connectivity index (χ4v) is 1.86. The van der Waals surface area contributed by atoms with Crippen molar-refractivity contribution in [3.63, 3.8) is 0 Å². The normalized spacial score (nSPS) is 11.9. The molecule has 0 spiro atoms. The number of rotatable bonds is 7. The number of benzene rings is 2. The molecule has 0 aliphatic heterocycles. The van der Waals surface area contributed by atoms with E-state index in [4.69, 9.17) is 10.5 Å². The quantitative estimate of drug-likeness (QED) is 0.819. The lowest BCUT2D eigenvalue weighted by atomic mass is 10.2. The third-order valence-electron chi connectivity index (χ3n) is 3.19. The van der Waals surface area contributed by atoms with E-state index in [2.05, 4.69) is 5.32 Å². The maximum atomic E-state index is 11.0. The second-order valence-corrected chi connectivity index (χ2v) is 4.93. The van der Waals surface area contributed by atoms with Crippen LogP contribution in [0.15, 0.2) is 54.6 Å². The first-order valence-corrected chi connectivity index (χ1v) is 6.93. The van der Waals surface area contributed by atoms with Crippen LogP contribution in [0.3, 0.4) is 0 Å². The maximum Gasteiger partial charge on any atom is 0.234 e. The zero-order chi connectivity index (χ0) is 15.1. The molecule has 21 heavy (non-hydrogen) atoms. The van der Waals surface area contributed by atoms with E-state index in [1.807, 2.05) is 54.6 Å². The Labute approximate surface area is 124 Å². The summed E-state index contributed by atoms with van der Waals surface area (Å²) in [5.41, 5.74) is 7.39. The molecule has 4 heteroatoms. The molecule has 2 aromatic rings. The number of primary amides is 1. The minimum absolute atomic E-state index is 0.348. The molecule has 0 saturated carbocycles. The summed E-state index contributed by atoms with van der Waals surface area (Å²) in [6.07, 6.45) is 0. The van der Waals surface area contributed by atoms with E-state index < -0.39 is 0 Å². The van der Waals surface area contributed by atoms with Gasteiger partial charge in [0.15, 0.2) is 0 Å². The Kier molecular flexibility index (Phi) is 5.35. The highest BCUT2D eigenvalue weighted by Gasteiger charge is 2.07. The first-order chi connectivity index (χ1) is 10.1. The van der Waals surface area contributed by atoms with Gasteiger partial charge in [0.25, 0.3) is 0 Å². The van der Waals surface area contributed by atoms with Crippen LogP contribution >= 0.6 is 0 Å². The first kappa shape index (κ1) is 15.1. The Bertz CT molecular complexity index is 584. The van der Waals surface area contributed by atoms with Crippen LogP contribution in [-0.4, -0.2) is 11.9 Å². The van der Waals surface area contributed by atoms with Gasteiger partial charge in [-0.05, 0) is 30.2 Å². The molecule has 0 saturated heterocycles. The number of nitrogens with two attached hydrogens (primary N) is 1. The number of ether oxygens (including phenoxy) is 1. The van der Waals surface area contributed by atoms with Crippen LogP contribution in [0.1, 0.15) is 18.1 Å².